The van der Waals surface area contributed by atoms with Crippen LogP contribution in [0.1, 0.15) is 71.6 Å². The summed E-state index contributed by atoms with van der Waals surface area (Å²) in [4.78, 5) is 35.9. The molecule has 6 atom stereocenters. The van der Waals surface area contributed by atoms with Gasteiger partial charge in [0, 0.05) is 12.3 Å². The molecule has 0 unspecified atom stereocenters. The summed E-state index contributed by atoms with van der Waals surface area (Å²) in [6.45, 7) is 4.40. The fraction of sp³-hybridized carbons (Fsp3) is 0.783. The average Bonchev–Trinajstić information content (AvgIpc) is 2.97. The Labute approximate surface area is 171 Å². The quantitative estimate of drug-likeness (QED) is 0.621. The minimum Gasteiger partial charge on any atom is -0.481 e. The van der Waals surface area contributed by atoms with Gasteiger partial charge in [-0.25, -0.2) is 0 Å². The van der Waals surface area contributed by atoms with Gasteiger partial charge in [0.25, 0.3) is 0 Å². The molecule has 4 aliphatic carbocycles. The maximum absolute atomic E-state index is 12.9. The summed E-state index contributed by atoms with van der Waals surface area (Å²) in [5.41, 5.74) is 1.03. The van der Waals surface area contributed by atoms with E-state index in [2.05, 4.69) is 13.8 Å². The van der Waals surface area contributed by atoms with E-state index in [1.807, 2.05) is 6.08 Å². The van der Waals surface area contributed by atoms with Crippen molar-refractivity contribution < 1.29 is 29.7 Å². The largest absolute Gasteiger partial charge is 0.481 e. The van der Waals surface area contributed by atoms with Crippen molar-refractivity contribution in [1.29, 1.82) is 0 Å². The molecule has 0 spiro atoms. The molecule has 6 nitrogen and oxygen atoms in total. The first-order valence-corrected chi connectivity index (χ1v) is 10.9. The van der Waals surface area contributed by atoms with Gasteiger partial charge in [0.2, 0.25) is 5.79 Å². The van der Waals surface area contributed by atoms with E-state index in [1.165, 1.54) is 5.57 Å². The molecule has 0 aromatic carbocycles. The van der Waals surface area contributed by atoms with Gasteiger partial charge in [-0.1, -0.05) is 19.4 Å². The van der Waals surface area contributed by atoms with Crippen LogP contribution in [0, 0.1) is 34.5 Å². The zero-order valence-electron chi connectivity index (χ0n) is 17.3. The number of allylic oxidation sites excluding steroid dienone is 1. The van der Waals surface area contributed by atoms with Gasteiger partial charge in [-0.15, -0.1) is 0 Å². The number of hydrogen-bond donors (Lipinski definition) is 3. The number of carbonyl (C=O) groups is 3. The van der Waals surface area contributed by atoms with Crippen LogP contribution in [0.5, 0.6) is 0 Å². The first-order chi connectivity index (χ1) is 13.5. The SMILES string of the molecule is C[C@]12CC[C@H]3[C@@H](CCC4=CC(=O)CC[C@@]43C)[C@@H]1CC[C@@H]2C(=O)C(O)(O)CC(=O)O. The number of carboxylic acids is 1. The van der Waals surface area contributed by atoms with Crippen molar-refractivity contribution in [2.24, 2.45) is 34.5 Å². The van der Waals surface area contributed by atoms with Crippen LogP contribution in [0.15, 0.2) is 11.6 Å². The molecule has 0 aromatic heterocycles. The fourth-order valence-electron chi connectivity index (χ4n) is 7.57. The van der Waals surface area contributed by atoms with Crippen LogP contribution < -0.4 is 0 Å². The molecule has 4 aliphatic rings. The lowest BCUT2D eigenvalue weighted by Crippen LogP contribution is -2.53. The molecule has 0 heterocycles. The number of hydrogen-bond acceptors (Lipinski definition) is 5. The van der Waals surface area contributed by atoms with Gasteiger partial charge in [-0.05, 0) is 79.6 Å². The second-order valence-corrected chi connectivity index (χ2v) is 10.4. The molecule has 4 rings (SSSR count). The van der Waals surface area contributed by atoms with Crippen LogP contribution in [0.3, 0.4) is 0 Å². The predicted molar refractivity (Wildman–Crippen MR) is 105 cm³/mol. The summed E-state index contributed by atoms with van der Waals surface area (Å²) in [5, 5.41) is 29.3. The van der Waals surface area contributed by atoms with Gasteiger partial charge >= 0.3 is 5.97 Å². The summed E-state index contributed by atoms with van der Waals surface area (Å²) >= 11 is 0. The molecule has 3 fully saturated rings. The topological polar surface area (TPSA) is 112 Å². The van der Waals surface area contributed by atoms with E-state index in [0.29, 0.717) is 30.6 Å². The highest BCUT2D eigenvalue weighted by molar-refractivity contribution is 5.92. The van der Waals surface area contributed by atoms with Crippen molar-refractivity contribution in [2.45, 2.75) is 77.4 Å². The Morgan fingerprint density at radius 3 is 2.48 bits per heavy atom. The second kappa shape index (κ2) is 6.74. The highest BCUT2D eigenvalue weighted by atomic mass is 16.5. The molecule has 3 saturated carbocycles. The lowest BCUT2D eigenvalue weighted by Gasteiger charge is -2.58. The molecule has 0 aromatic rings. The lowest BCUT2D eigenvalue weighted by atomic mass is 9.46. The number of fused-ring (bicyclic) bond motifs is 5. The zero-order chi connectivity index (χ0) is 21.2. The molecule has 6 heteroatoms. The van der Waals surface area contributed by atoms with Crippen LogP contribution in [-0.2, 0) is 14.4 Å². The number of rotatable bonds is 4. The Morgan fingerprint density at radius 1 is 1.07 bits per heavy atom. The van der Waals surface area contributed by atoms with Crippen LogP contribution in [0.4, 0.5) is 0 Å². The molecular weight excluding hydrogens is 372 g/mol. The number of aliphatic carboxylic acids is 1. The normalized spacial score (nSPS) is 41.8. The highest BCUT2D eigenvalue weighted by Crippen LogP contribution is 2.66. The van der Waals surface area contributed by atoms with E-state index in [0.717, 1.165) is 38.5 Å². The van der Waals surface area contributed by atoms with Crippen molar-refractivity contribution in [3.8, 4) is 0 Å². The Hall–Kier alpha value is -1.53. The van der Waals surface area contributed by atoms with E-state index >= 15 is 0 Å². The summed E-state index contributed by atoms with van der Waals surface area (Å²) in [7, 11) is 0. The van der Waals surface area contributed by atoms with Gasteiger partial charge < -0.3 is 15.3 Å². The number of aliphatic hydroxyl groups is 2. The number of carboxylic acid groups (broad SMARTS) is 1. The third-order valence-corrected chi connectivity index (χ3v) is 9.07. The van der Waals surface area contributed by atoms with Crippen LogP contribution >= 0.6 is 0 Å². The predicted octanol–water partition coefficient (Wildman–Crippen LogP) is 2.86. The molecular formula is C23H32O6. The third-order valence-electron chi connectivity index (χ3n) is 9.07. The second-order valence-electron chi connectivity index (χ2n) is 10.4. The maximum Gasteiger partial charge on any atom is 0.309 e. The van der Waals surface area contributed by atoms with E-state index in [9.17, 15) is 24.6 Å². The van der Waals surface area contributed by atoms with Gasteiger partial charge in [-0.2, -0.15) is 0 Å². The van der Waals surface area contributed by atoms with Gasteiger partial charge in [0.1, 0.15) is 6.42 Å². The summed E-state index contributed by atoms with van der Waals surface area (Å²) < 4.78 is 0. The summed E-state index contributed by atoms with van der Waals surface area (Å²) in [6.07, 6.45) is 7.60. The summed E-state index contributed by atoms with van der Waals surface area (Å²) in [6, 6.07) is 0. The molecule has 0 aliphatic heterocycles. The van der Waals surface area contributed by atoms with E-state index in [1.54, 1.807) is 0 Å². The van der Waals surface area contributed by atoms with Crippen molar-refractivity contribution in [1.82, 2.24) is 0 Å². The minimum atomic E-state index is -2.80. The highest BCUT2D eigenvalue weighted by Gasteiger charge is 2.61. The first kappa shape index (κ1) is 20.7. The molecule has 0 radical (unpaired) electrons. The van der Waals surface area contributed by atoms with Crippen molar-refractivity contribution in [3.63, 3.8) is 0 Å². The standard InChI is InChI=1S/C23H32O6/c1-21-9-7-14(24)11-13(21)3-4-15-16-5-6-18(22(16,2)10-8-17(15)21)20(27)23(28,29)12-19(25)26/h11,15-18,28-29H,3-10,12H2,1-2H3,(H,25,26)/t15-,16-,17-,18+,21-,22-/m0/s1. The van der Waals surface area contributed by atoms with E-state index in [-0.39, 0.29) is 16.6 Å². The molecule has 3 N–H and O–H groups in total. The third kappa shape index (κ3) is 3.10. The Balaban J connectivity index is 1.59. The smallest absolute Gasteiger partial charge is 0.309 e. The van der Waals surface area contributed by atoms with Gasteiger partial charge in [0.05, 0.1) is 0 Å². The molecule has 0 saturated heterocycles. The molecule has 160 valence electrons. The maximum atomic E-state index is 12.9. The molecule has 0 bridgehead atoms. The Bertz CT molecular complexity index is 782. The van der Waals surface area contributed by atoms with Crippen LogP contribution in [0.2, 0.25) is 0 Å². The minimum absolute atomic E-state index is 0.0568. The Kier molecular flexibility index (Phi) is 4.82. The Morgan fingerprint density at radius 2 is 1.79 bits per heavy atom. The fourth-order valence-corrected chi connectivity index (χ4v) is 7.57. The van der Waals surface area contributed by atoms with Crippen molar-refractivity contribution in [3.05, 3.63) is 11.6 Å². The van der Waals surface area contributed by atoms with E-state index < -0.39 is 29.9 Å². The van der Waals surface area contributed by atoms with E-state index in [4.69, 9.17) is 5.11 Å². The number of ketones is 2. The zero-order valence-corrected chi connectivity index (χ0v) is 17.3. The molecule has 29 heavy (non-hydrogen) atoms. The van der Waals surface area contributed by atoms with Gasteiger partial charge in [-0.3, -0.25) is 14.4 Å². The van der Waals surface area contributed by atoms with Gasteiger partial charge in [0.15, 0.2) is 11.6 Å². The first-order valence-electron chi connectivity index (χ1n) is 10.9. The average molecular weight is 405 g/mol. The number of carbonyl (C=O) groups excluding carboxylic acids is 2. The van der Waals surface area contributed by atoms with Crippen LogP contribution in [0.25, 0.3) is 0 Å². The molecule has 0 amide bonds. The van der Waals surface area contributed by atoms with Crippen molar-refractivity contribution >= 4 is 17.5 Å². The monoisotopic (exact) mass is 404 g/mol. The van der Waals surface area contributed by atoms with Crippen molar-refractivity contribution in [2.75, 3.05) is 0 Å². The summed E-state index contributed by atoms with van der Waals surface area (Å²) in [5.74, 6) is -3.91. The van der Waals surface area contributed by atoms with Crippen LogP contribution in [-0.4, -0.2) is 38.6 Å². The lowest BCUT2D eigenvalue weighted by molar-refractivity contribution is -0.198. The number of Topliss-reactive ketones (excluding diaryl/α,β-unsaturated/α-hetero) is 1.